The molecule has 40 heavy (non-hydrogen) atoms. The molecule has 0 spiro atoms. The predicted octanol–water partition coefficient (Wildman–Crippen LogP) is 12.2. The number of nitrogens with zero attached hydrogens (tertiary/aromatic N) is 1. The maximum absolute atomic E-state index is 6.39. The van der Waals surface area contributed by atoms with Gasteiger partial charge in [0.1, 0.15) is 0 Å². The highest BCUT2D eigenvalue weighted by atomic mass is 35.5. The molecular weight excluding hydrogens is 546 g/mol. The molecule has 190 valence electrons. The molecular formula is C36H22ClNS2. The van der Waals surface area contributed by atoms with Crippen LogP contribution in [0.1, 0.15) is 0 Å². The van der Waals surface area contributed by atoms with E-state index in [-0.39, 0.29) is 0 Å². The van der Waals surface area contributed by atoms with Crippen molar-refractivity contribution in [2.45, 2.75) is 0 Å². The minimum atomic E-state index is 0.768. The first kappa shape index (κ1) is 23.7. The molecule has 2 aromatic heterocycles. The zero-order chi connectivity index (χ0) is 26.6. The SMILES string of the molecule is Clc1ccc2c(c1)sc1c(N(c3ccc(-c4ccccc4)cc3)c3ccc4c(c3)sc3ccccc34)cccc12. The highest BCUT2D eigenvalue weighted by Gasteiger charge is 2.19. The first-order valence-corrected chi connectivity index (χ1v) is 15.2. The van der Waals surface area contributed by atoms with E-state index in [2.05, 4.69) is 132 Å². The van der Waals surface area contributed by atoms with Crippen LogP contribution in [-0.2, 0) is 0 Å². The van der Waals surface area contributed by atoms with Crippen molar-refractivity contribution in [3.8, 4) is 11.1 Å². The van der Waals surface area contributed by atoms with Gasteiger partial charge < -0.3 is 4.90 Å². The van der Waals surface area contributed by atoms with Crippen molar-refractivity contribution in [3.63, 3.8) is 0 Å². The Balaban J connectivity index is 1.35. The molecule has 0 radical (unpaired) electrons. The van der Waals surface area contributed by atoms with E-state index in [0.29, 0.717) is 0 Å². The summed E-state index contributed by atoms with van der Waals surface area (Å²) in [4.78, 5) is 2.40. The molecule has 0 fully saturated rings. The third-order valence-corrected chi connectivity index (χ3v) is 10.1. The van der Waals surface area contributed by atoms with Crippen molar-refractivity contribution in [3.05, 3.63) is 138 Å². The standard InChI is InChI=1S/C36H22ClNS2/c37-25-15-19-30-31-10-6-11-32(36(31)40-34(30)21-25)38(26-16-13-24(14-17-26)23-7-2-1-3-8-23)27-18-20-29-28-9-4-5-12-33(28)39-35(29)22-27/h1-22H. The summed E-state index contributed by atoms with van der Waals surface area (Å²) in [7, 11) is 0. The van der Waals surface area contributed by atoms with Gasteiger partial charge in [-0.2, -0.15) is 0 Å². The number of halogens is 1. The summed E-state index contributed by atoms with van der Waals surface area (Å²) in [5, 5.41) is 5.88. The first-order valence-electron chi connectivity index (χ1n) is 13.2. The van der Waals surface area contributed by atoms with Crippen LogP contribution in [0.15, 0.2) is 133 Å². The Labute approximate surface area is 245 Å². The molecule has 2 heterocycles. The number of hydrogen-bond donors (Lipinski definition) is 0. The van der Waals surface area contributed by atoms with Gasteiger partial charge in [0, 0.05) is 52.0 Å². The Kier molecular flexibility index (Phi) is 5.63. The van der Waals surface area contributed by atoms with Crippen LogP contribution in [0.3, 0.4) is 0 Å². The number of benzene rings is 6. The van der Waals surface area contributed by atoms with Gasteiger partial charge in [0.25, 0.3) is 0 Å². The van der Waals surface area contributed by atoms with E-state index in [1.165, 1.54) is 57.2 Å². The summed E-state index contributed by atoms with van der Waals surface area (Å²) in [6, 6.07) is 47.8. The van der Waals surface area contributed by atoms with Gasteiger partial charge in [-0.3, -0.25) is 0 Å². The van der Waals surface area contributed by atoms with Gasteiger partial charge >= 0.3 is 0 Å². The quantitative estimate of drug-likeness (QED) is 0.204. The second-order valence-electron chi connectivity index (χ2n) is 9.92. The molecule has 0 bridgehead atoms. The summed E-state index contributed by atoms with van der Waals surface area (Å²) >= 11 is 10.0. The van der Waals surface area contributed by atoms with E-state index in [0.717, 1.165) is 16.4 Å². The van der Waals surface area contributed by atoms with E-state index in [9.17, 15) is 0 Å². The minimum Gasteiger partial charge on any atom is -0.309 e. The van der Waals surface area contributed by atoms with Crippen molar-refractivity contribution >= 4 is 91.7 Å². The first-order chi connectivity index (χ1) is 19.7. The lowest BCUT2D eigenvalue weighted by atomic mass is 10.0. The molecule has 1 nitrogen and oxygen atoms in total. The molecule has 8 rings (SSSR count). The zero-order valence-corrected chi connectivity index (χ0v) is 23.7. The molecule has 4 heteroatoms. The fourth-order valence-corrected chi connectivity index (χ4v) is 8.27. The molecule has 0 unspecified atom stereocenters. The lowest BCUT2D eigenvalue weighted by molar-refractivity contribution is 1.31. The normalized spacial score (nSPS) is 11.6. The Hall–Kier alpha value is -4.15. The molecule has 8 aromatic rings. The number of thiophene rings is 2. The van der Waals surface area contributed by atoms with E-state index in [4.69, 9.17) is 11.6 Å². The predicted molar refractivity (Wildman–Crippen MR) is 177 cm³/mol. The van der Waals surface area contributed by atoms with Gasteiger partial charge in [-0.15, -0.1) is 22.7 Å². The Morgan fingerprint density at radius 1 is 0.450 bits per heavy atom. The molecule has 0 saturated carbocycles. The van der Waals surface area contributed by atoms with Crippen LogP contribution < -0.4 is 4.90 Å². The van der Waals surface area contributed by atoms with Crippen LogP contribution in [-0.4, -0.2) is 0 Å². The van der Waals surface area contributed by atoms with Crippen LogP contribution in [0.4, 0.5) is 17.1 Å². The van der Waals surface area contributed by atoms with E-state index < -0.39 is 0 Å². The van der Waals surface area contributed by atoms with E-state index >= 15 is 0 Å². The molecule has 6 aromatic carbocycles. The fraction of sp³-hybridized carbons (Fsp3) is 0. The molecule has 0 amide bonds. The monoisotopic (exact) mass is 567 g/mol. The minimum absolute atomic E-state index is 0.768. The Morgan fingerprint density at radius 3 is 1.98 bits per heavy atom. The summed E-state index contributed by atoms with van der Waals surface area (Å²) in [5.74, 6) is 0. The van der Waals surface area contributed by atoms with Gasteiger partial charge in [0.2, 0.25) is 0 Å². The van der Waals surface area contributed by atoms with Gasteiger partial charge in [-0.1, -0.05) is 96.5 Å². The molecule has 0 aliphatic heterocycles. The average molecular weight is 568 g/mol. The summed E-state index contributed by atoms with van der Waals surface area (Å²) in [6.07, 6.45) is 0. The van der Waals surface area contributed by atoms with E-state index in [1.54, 1.807) is 11.3 Å². The number of hydrogen-bond acceptors (Lipinski definition) is 3. The second kappa shape index (κ2) is 9.50. The highest BCUT2D eigenvalue weighted by molar-refractivity contribution is 7.26. The number of rotatable bonds is 4. The Morgan fingerprint density at radius 2 is 1.10 bits per heavy atom. The van der Waals surface area contributed by atoms with Gasteiger partial charge in [-0.05, 0) is 59.7 Å². The van der Waals surface area contributed by atoms with Crippen LogP contribution in [0.5, 0.6) is 0 Å². The third kappa shape index (κ3) is 3.89. The van der Waals surface area contributed by atoms with Crippen molar-refractivity contribution in [2.75, 3.05) is 4.90 Å². The number of fused-ring (bicyclic) bond motifs is 6. The van der Waals surface area contributed by atoms with Crippen LogP contribution in [0, 0.1) is 0 Å². The molecule has 0 saturated heterocycles. The molecule has 0 aliphatic carbocycles. The van der Waals surface area contributed by atoms with Crippen molar-refractivity contribution in [1.82, 2.24) is 0 Å². The van der Waals surface area contributed by atoms with Crippen molar-refractivity contribution in [1.29, 1.82) is 0 Å². The summed E-state index contributed by atoms with van der Waals surface area (Å²) < 4.78 is 5.06. The second-order valence-corrected chi connectivity index (χ2v) is 12.5. The smallest absolute Gasteiger partial charge is 0.0640 e. The van der Waals surface area contributed by atoms with Crippen molar-refractivity contribution < 1.29 is 0 Å². The third-order valence-electron chi connectivity index (χ3n) is 7.53. The highest BCUT2D eigenvalue weighted by Crippen LogP contribution is 2.46. The fourth-order valence-electron chi connectivity index (χ4n) is 5.65. The molecule has 0 aliphatic rings. The molecule has 0 atom stereocenters. The summed E-state index contributed by atoms with van der Waals surface area (Å²) in [5.41, 5.74) is 5.87. The van der Waals surface area contributed by atoms with E-state index in [1.807, 2.05) is 17.4 Å². The molecule has 0 N–H and O–H groups in total. The largest absolute Gasteiger partial charge is 0.309 e. The van der Waals surface area contributed by atoms with Gasteiger partial charge in [0.05, 0.1) is 10.4 Å². The maximum atomic E-state index is 6.39. The maximum Gasteiger partial charge on any atom is 0.0640 e. The van der Waals surface area contributed by atoms with Crippen LogP contribution in [0.25, 0.3) is 51.5 Å². The lowest BCUT2D eigenvalue weighted by Gasteiger charge is -2.26. The number of anilines is 3. The summed E-state index contributed by atoms with van der Waals surface area (Å²) in [6.45, 7) is 0. The van der Waals surface area contributed by atoms with Gasteiger partial charge in [0.15, 0.2) is 0 Å². The topological polar surface area (TPSA) is 3.24 Å². The lowest BCUT2D eigenvalue weighted by Crippen LogP contribution is -2.09. The van der Waals surface area contributed by atoms with Crippen molar-refractivity contribution in [2.24, 2.45) is 0 Å². The van der Waals surface area contributed by atoms with Gasteiger partial charge in [-0.25, -0.2) is 0 Å². The zero-order valence-electron chi connectivity index (χ0n) is 21.3. The Bertz CT molecular complexity index is 2180. The average Bonchev–Trinajstić information content (AvgIpc) is 3.56. The van der Waals surface area contributed by atoms with Crippen LogP contribution in [0.2, 0.25) is 5.02 Å². The van der Waals surface area contributed by atoms with Crippen LogP contribution >= 0.6 is 34.3 Å².